The zero-order chi connectivity index (χ0) is 13.0. The molecule has 6 heteroatoms. The minimum Gasteiger partial charge on any atom is -0.493 e. The molecule has 0 fully saturated rings. The minimum absolute atomic E-state index is 0.0366. The Labute approximate surface area is 105 Å². The molecule has 2 rings (SSSR count). The quantitative estimate of drug-likeness (QED) is 0.871. The summed E-state index contributed by atoms with van der Waals surface area (Å²) in [4.78, 5) is 0. The largest absolute Gasteiger partial charge is 0.493 e. The van der Waals surface area contributed by atoms with Crippen LogP contribution >= 0.6 is 0 Å². The van der Waals surface area contributed by atoms with Gasteiger partial charge in [-0.3, -0.25) is 0 Å². The van der Waals surface area contributed by atoms with E-state index in [-0.39, 0.29) is 6.61 Å². The van der Waals surface area contributed by atoms with Crippen molar-refractivity contribution in [2.24, 2.45) is 0 Å². The van der Waals surface area contributed by atoms with Crippen molar-refractivity contribution < 1.29 is 14.6 Å². The summed E-state index contributed by atoms with van der Waals surface area (Å²) in [5.41, 5.74) is 0.765. The number of rotatable bonds is 5. The normalized spacial score (nSPS) is 10.4. The molecular weight excluding hydrogens is 234 g/mol. The summed E-state index contributed by atoms with van der Waals surface area (Å²) in [5.74, 6) is 1.67. The molecule has 0 saturated carbocycles. The van der Waals surface area contributed by atoms with Crippen LogP contribution in [0.3, 0.4) is 0 Å². The van der Waals surface area contributed by atoms with Crippen LogP contribution in [-0.2, 0) is 13.2 Å². The molecule has 18 heavy (non-hydrogen) atoms. The number of ether oxygens (including phenoxy) is 2. The molecule has 0 amide bonds. The monoisotopic (exact) mass is 249 g/mol. The lowest BCUT2D eigenvalue weighted by Crippen LogP contribution is -2.00. The Morgan fingerprint density at radius 1 is 1.33 bits per heavy atom. The average Bonchev–Trinajstić information content (AvgIpc) is 2.86. The van der Waals surface area contributed by atoms with Crippen molar-refractivity contribution in [3.63, 3.8) is 0 Å². The van der Waals surface area contributed by atoms with Gasteiger partial charge in [0.05, 0.1) is 13.7 Å². The summed E-state index contributed by atoms with van der Waals surface area (Å²) in [5, 5.41) is 16.7. The predicted octanol–water partition coefficient (Wildman–Crippen LogP) is 1.59. The number of aryl methyl sites for hydroxylation is 1. The fraction of sp³-hybridized carbons (Fsp3) is 0.333. The van der Waals surface area contributed by atoms with Crippen molar-refractivity contribution in [3.8, 4) is 17.4 Å². The van der Waals surface area contributed by atoms with E-state index in [9.17, 15) is 0 Å². The molecule has 0 atom stereocenters. The second-order valence-electron chi connectivity index (χ2n) is 3.63. The lowest BCUT2D eigenvalue weighted by molar-refractivity contribution is 0.280. The zero-order valence-corrected chi connectivity index (χ0v) is 10.3. The van der Waals surface area contributed by atoms with Crippen LogP contribution in [-0.4, -0.2) is 27.2 Å². The molecule has 2 aromatic rings. The first kappa shape index (κ1) is 12.4. The molecule has 0 aliphatic carbocycles. The number of hydrogen-bond acceptors (Lipinski definition) is 5. The Bertz CT molecular complexity index is 525. The molecule has 6 nitrogen and oxygen atoms in total. The number of benzene rings is 1. The second kappa shape index (κ2) is 5.50. The van der Waals surface area contributed by atoms with Crippen molar-refractivity contribution in [3.05, 3.63) is 30.0 Å². The van der Waals surface area contributed by atoms with Crippen molar-refractivity contribution >= 4 is 0 Å². The van der Waals surface area contributed by atoms with Gasteiger partial charge in [-0.25, -0.2) is 4.68 Å². The van der Waals surface area contributed by atoms with E-state index in [0.717, 1.165) is 5.56 Å². The van der Waals surface area contributed by atoms with Crippen molar-refractivity contribution in [2.45, 2.75) is 20.1 Å². The SMILES string of the molecule is CCn1nncc1Oc1ccc(CO)cc1OC. The van der Waals surface area contributed by atoms with E-state index in [1.54, 1.807) is 36.2 Å². The fourth-order valence-electron chi connectivity index (χ4n) is 1.55. The molecule has 0 aliphatic rings. The molecule has 0 saturated heterocycles. The number of aromatic nitrogens is 3. The number of aliphatic hydroxyl groups excluding tert-OH is 1. The second-order valence-corrected chi connectivity index (χ2v) is 3.63. The number of hydrogen-bond donors (Lipinski definition) is 1. The van der Waals surface area contributed by atoms with E-state index < -0.39 is 0 Å². The third-order valence-corrected chi connectivity index (χ3v) is 2.51. The predicted molar refractivity (Wildman–Crippen MR) is 64.7 cm³/mol. The van der Waals surface area contributed by atoms with Gasteiger partial charge in [-0.1, -0.05) is 11.3 Å². The van der Waals surface area contributed by atoms with Crippen LogP contribution in [0.4, 0.5) is 0 Å². The molecule has 0 aliphatic heterocycles. The molecule has 1 aromatic carbocycles. The third kappa shape index (κ3) is 2.43. The maximum atomic E-state index is 9.07. The first-order chi connectivity index (χ1) is 8.78. The minimum atomic E-state index is -0.0366. The van der Waals surface area contributed by atoms with Crippen LogP contribution in [0.5, 0.6) is 17.4 Å². The summed E-state index contributed by atoms with van der Waals surface area (Å²) < 4.78 is 12.6. The van der Waals surface area contributed by atoms with Gasteiger partial charge >= 0.3 is 0 Å². The standard InChI is InChI=1S/C12H15N3O3/c1-3-15-12(7-13-14-15)18-10-5-4-9(8-16)6-11(10)17-2/h4-7,16H,3,8H2,1-2H3. The van der Waals surface area contributed by atoms with E-state index in [0.29, 0.717) is 23.9 Å². The topological polar surface area (TPSA) is 69.4 Å². The van der Waals surface area contributed by atoms with E-state index in [1.165, 1.54) is 0 Å². The van der Waals surface area contributed by atoms with Crippen molar-refractivity contribution in [2.75, 3.05) is 7.11 Å². The highest BCUT2D eigenvalue weighted by Crippen LogP contribution is 2.31. The summed E-state index contributed by atoms with van der Waals surface area (Å²) in [6, 6.07) is 5.25. The van der Waals surface area contributed by atoms with Crippen LogP contribution in [0, 0.1) is 0 Å². The van der Waals surface area contributed by atoms with Gasteiger partial charge in [-0.15, -0.1) is 5.10 Å². The number of methoxy groups -OCH3 is 1. The Balaban J connectivity index is 2.28. The van der Waals surface area contributed by atoms with Gasteiger partial charge in [0.2, 0.25) is 5.88 Å². The summed E-state index contributed by atoms with van der Waals surface area (Å²) in [6.45, 7) is 2.59. The van der Waals surface area contributed by atoms with Gasteiger partial charge in [0.25, 0.3) is 0 Å². The average molecular weight is 249 g/mol. The first-order valence-corrected chi connectivity index (χ1v) is 5.62. The summed E-state index contributed by atoms with van der Waals surface area (Å²) in [7, 11) is 1.55. The van der Waals surface area contributed by atoms with E-state index in [2.05, 4.69) is 10.3 Å². The first-order valence-electron chi connectivity index (χ1n) is 5.62. The van der Waals surface area contributed by atoms with Crippen molar-refractivity contribution in [1.82, 2.24) is 15.0 Å². The maximum Gasteiger partial charge on any atom is 0.238 e. The zero-order valence-electron chi connectivity index (χ0n) is 10.3. The van der Waals surface area contributed by atoms with Gasteiger partial charge < -0.3 is 14.6 Å². The van der Waals surface area contributed by atoms with Crippen LogP contribution in [0.15, 0.2) is 24.4 Å². The maximum absolute atomic E-state index is 9.07. The van der Waals surface area contributed by atoms with Crippen LogP contribution in [0.1, 0.15) is 12.5 Å². The summed E-state index contributed by atoms with van der Waals surface area (Å²) >= 11 is 0. The van der Waals surface area contributed by atoms with Crippen LogP contribution in [0.25, 0.3) is 0 Å². The highest BCUT2D eigenvalue weighted by molar-refractivity contribution is 5.44. The van der Waals surface area contributed by atoms with E-state index >= 15 is 0 Å². The van der Waals surface area contributed by atoms with Gasteiger partial charge in [-0.05, 0) is 24.6 Å². The Hall–Kier alpha value is -2.08. The molecule has 1 aromatic heterocycles. The molecule has 0 bridgehead atoms. The molecule has 0 unspecified atom stereocenters. The van der Waals surface area contributed by atoms with Crippen LogP contribution < -0.4 is 9.47 Å². The van der Waals surface area contributed by atoms with E-state index in [4.69, 9.17) is 14.6 Å². The molecule has 0 spiro atoms. The molecular formula is C12H15N3O3. The molecule has 1 heterocycles. The molecule has 0 radical (unpaired) electrons. The lowest BCUT2D eigenvalue weighted by atomic mass is 10.2. The number of aliphatic hydroxyl groups is 1. The summed E-state index contributed by atoms with van der Waals surface area (Å²) in [6.07, 6.45) is 1.54. The van der Waals surface area contributed by atoms with Gasteiger partial charge in [-0.2, -0.15) is 0 Å². The Morgan fingerprint density at radius 3 is 2.83 bits per heavy atom. The molecule has 1 N–H and O–H groups in total. The third-order valence-electron chi connectivity index (χ3n) is 2.51. The van der Waals surface area contributed by atoms with E-state index in [1.807, 2.05) is 6.92 Å². The Morgan fingerprint density at radius 2 is 2.17 bits per heavy atom. The van der Waals surface area contributed by atoms with Gasteiger partial charge in [0, 0.05) is 6.54 Å². The van der Waals surface area contributed by atoms with Crippen LogP contribution in [0.2, 0.25) is 0 Å². The van der Waals surface area contributed by atoms with Gasteiger partial charge in [0.15, 0.2) is 11.5 Å². The number of nitrogens with zero attached hydrogens (tertiary/aromatic N) is 3. The van der Waals surface area contributed by atoms with Gasteiger partial charge in [0.1, 0.15) is 6.20 Å². The highest BCUT2D eigenvalue weighted by Gasteiger charge is 2.10. The highest BCUT2D eigenvalue weighted by atomic mass is 16.5. The van der Waals surface area contributed by atoms with Crippen molar-refractivity contribution in [1.29, 1.82) is 0 Å². The Kier molecular flexibility index (Phi) is 3.78. The lowest BCUT2D eigenvalue weighted by Gasteiger charge is -2.11. The molecule has 96 valence electrons. The fourth-order valence-corrected chi connectivity index (χ4v) is 1.55. The smallest absolute Gasteiger partial charge is 0.238 e.